The van der Waals surface area contributed by atoms with Crippen molar-refractivity contribution in [2.75, 3.05) is 5.32 Å². The number of aryl methyl sites for hydroxylation is 1. The van der Waals surface area contributed by atoms with Gasteiger partial charge in [0.15, 0.2) is 0 Å². The van der Waals surface area contributed by atoms with Crippen LogP contribution < -0.4 is 10.9 Å². The zero-order valence-corrected chi connectivity index (χ0v) is 16.6. The summed E-state index contributed by atoms with van der Waals surface area (Å²) in [5.41, 5.74) is 2.52. The van der Waals surface area contributed by atoms with Crippen molar-refractivity contribution in [3.8, 4) is 0 Å². The molecule has 5 nitrogen and oxygen atoms in total. The molecule has 4 rings (SSSR count). The maximum Gasteiger partial charge on any atom is 0.261 e. The van der Waals surface area contributed by atoms with E-state index in [1.54, 1.807) is 34.9 Å². The average Bonchev–Trinajstić information content (AvgIpc) is 2.66. The summed E-state index contributed by atoms with van der Waals surface area (Å²) < 4.78 is 1.80. The molecule has 1 aliphatic rings. The number of hydrogen-bond donors (Lipinski definition) is 1. The molecule has 2 aromatic carbocycles. The van der Waals surface area contributed by atoms with Crippen molar-refractivity contribution in [1.29, 1.82) is 0 Å². The summed E-state index contributed by atoms with van der Waals surface area (Å²) in [7, 11) is 0. The molecule has 0 radical (unpaired) electrons. The zero-order valence-electron chi connectivity index (χ0n) is 15.8. The fraction of sp³-hybridized carbons (Fsp3) is 0.318. The van der Waals surface area contributed by atoms with Crippen LogP contribution in [0.3, 0.4) is 0 Å². The van der Waals surface area contributed by atoms with E-state index in [1.807, 2.05) is 13.0 Å². The van der Waals surface area contributed by atoms with Gasteiger partial charge in [0, 0.05) is 29.2 Å². The second kappa shape index (κ2) is 7.76. The Bertz CT molecular complexity index is 1120. The number of halogens is 1. The topological polar surface area (TPSA) is 64.0 Å². The first-order chi connectivity index (χ1) is 13.5. The molecule has 2 heterocycles. The number of nitrogens with one attached hydrogen (secondary N) is 1. The van der Waals surface area contributed by atoms with Crippen LogP contribution >= 0.6 is 11.6 Å². The molecule has 0 saturated carbocycles. The molecule has 144 valence electrons. The van der Waals surface area contributed by atoms with Gasteiger partial charge in [0.1, 0.15) is 5.82 Å². The Morgan fingerprint density at radius 1 is 1.14 bits per heavy atom. The number of benzene rings is 2. The largest absolute Gasteiger partial charge is 0.322 e. The van der Waals surface area contributed by atoms with Gasteiger partial charge in [-0.15, -0.1) is 0 Å². The molecule has 6 heteroatoms. The van der Waals surface area contributed by atoms with Crippen molar-refractivity contribution < 1.29 is 4.79 Å². The molecule has 0 atom stereocenters. The minimum atomic E-state index is -0.249. The lowest BCUT2D eigenvalue weighted by Gasteiger charge is -2.16. The van der Waals surface area contributed by atoms with Crippen molar-refractivity contribution >= 4 is 34.1 Å². The van der Waals surface area contributed by atoms with E-state index in [0.717, 1.165) is 43.5 Å². The lowest BCUT2D eigenvalue weighted by atomic mass is 10.1. The van der Waals surface area contributed by atoms with E-state index in [-0.39, 0.29) is 11.5 Å². The molecule has 3 aromatic rings. The molecule has 0 spiro atoms. The average molecular weight is 396 g/mol. The van der Waals surface area contributed by atoms with E-state index in [9.17, 15) is 9.59 Å². The summed E-state index contributed by atoms with van der Waals surface area (Å²) >= 11 is 6.13. The Kier molecular flexibility index (Phi) is 5.18. The van der Waals surface area contributed by atoms with Gasteiger partial charge in [-0.3, -0.25) is 14.2 Å². The van der Waals surface area contributed by atoms with Crippen LogP contribution in [0.2, 0.25) is 5.02 Å². The minimum Gasteiger partial charge on any atom is -0.322 e. The first-order valence-corrected chi connectivity index (χ1v) is 10.0. The first-order valence-electron chi connectivity index (χ1n) is 9.64. The Labute approximate surface area is 168 Å². The molecular formula is C22H22ClN3O2. The number of hydrogen-bond acceptors (Lipinski definition) is 3. The van der Waals surface area contributed by atoms with E-state index < -0.39 is 0 Å². The standard InChI is InChI=1S/C22H22ClN3O2/c1-14-17(23)7-6-8-18(14)25-21(27)15-10-11-16-19(13-15)24-20-9-4-2-3-5-12-26(20)22(16)28/h6-8,10-11,13H,2-5,9,12H2,1H3,(H,25,27). The molecule has 1 aliphatic heterocycles. The highest BCUT2D eigenvalue weighted by atomic mass is 35.5. The van der Waals surface area contributed by atoms with E-state index in [2.05, 4.69) is 5.32 Å². The van der Waals surface area contributed by atoms with Crippen molar-refractivity contribution in [3.05, 3.63) is 68.7 Å². The second-order valence-corrected chi connectivity index (χ2v) is 7.65. The maximum atomic E-state index is 12.9. The molecule has 0 bridgehead atoms. The number of carbonyl (C=O) groups excluding carboxylic acids is 1. The van der Waals surface area contributed by atoms with E-state index in [0.29, 0.717) is 33.7 Å². The van der Waals surface area contributed by atoms with Crippen molar-refractivity contribution in [3.63, 3.8) is 0 Å². The third kappa shape index (κ3) is 3.54. The summed E-state index contributed by atoms with van der Waals surface area (Å²) in [6, 6.07) is 10.5. The van der Waals surface area contributed by atoms with Gasteiger partial charge in [-0.25, -0.2) is 4.98 Å². The van der Waals surface area contributed by atoms with Crippen LogP contribution in [-0.4, -0.2) is 15.5 Å². The third-order valence-corrected chi connectivity index (χ3v) is 5.75. The number of amides is 1. The highest BCUT2D eigenvalue weighted by Crippen LogP contribution is 2.24. The van der Waals surface area contributed by atoms with Gasteiger partial charge in [-0.2, -0.15) is 0 Å². The zero-order chi connectivity index (χ0) is 19.7. The van der Waals surface area contributed by atoms with Crippen LogP contribution in [-0.2, 0) is 13.0 Å². The van der Waals surface area contributed by atoms with Gasteiger partial charge in [-0.05, 0) is 55.7 Å². The number of nitrogens with zero attached hydrogens (tertiary/aromatic N) is 2. The van der Waals surface area contributed by atoms with Gasteiger partial charge in [-0.1, -0.05) is 30.5 Å². The third-order valence-electron chi connectivity index (χ3n) is 5.34. The molecule has 1 amide bonds. The fourth-order valence-corrected chi connectivity index (χ4v) is 3.85. The SMILES string of the molecule is Cc1c(Cl)cccc1NC(=O)c1ccc2c(=O)n3c(nc2c1)CCCCCC3. The molecule has 0 fully saturated rings. The molecule has 28 heavy (non-hydrogen) atoms. The van der Waals surface area contributed by atoms with E-state index in [1.165, 1.54) is 0 Å². The summed E-state index contributed by atoms with van der Waals surface area (Å²) in [6.45, 7) is 2.58. The Morgan fingerprint density at radius 3 is 2.82 bits per heavy atom. The fourth-order valence-electron chi connectivity index (χ4n) is 3.67. The molecule has 1 N–H and O–H groups in total. The van der Waals surface area contributed by atoms with Gasteiger partial charge in [0.05, 0.1) is 10.9 Å². The van der Waals surface area contributed by atoms with Crippen LogP contribution in [0.25, 0.3) is 10.9 Å². The molecule has 1 aromatic heterocycles. The Balaban J connectivity index is 1.71. The number of aromatic nitrogens is 2. The van der Waals surface area contributed by atoms with Crippen LogP contribution in [0.1, 0.15) is 47.4 Å². The van der Waals surface area contributed by atoms with Crippen molar-refractivity contribution in [2.45, 2.75) is 45.6 Å². The Morgan fingerprint density at radius 2 is 1.96 bits per heavy atom. The summed E-state index contributed by atoms with van der Waals surface area (Å²) in [5, 5.41) is 4.05. The number of rotatable bonds is 2. The second-order valence-electron chi connectivity index (χ2n) is 7.25. The lowest BCUT2D eigenvalue weighted by Crippen LogP contribution is -2.26. The molecular weight excluding hydrogens is 374 g/mol. The number of fused-ring (bicyclic) bond motifs is 2. The highest BCUT2D eigenvalue weighted by molar-refractivity contribution is 6.31. The van der Waals surface area contributed by atoms with E-state index >= 15 is 0 Å². The van der Waals surface area contributed by atoms with Gasteiger partial charge < -0.3 is 5.32 Å². The van der Waals surface area contributed by atoms with Crippen molar-refractivity contribution in [2.24, 2.45) is 0 Å². The van der Waals surface area contributed by atoms with Crippen LogP contribution in [0.15, 0.2) is 41.2 Å². The number of carbonyl (C=O) groups is 1. The van der Waals surface area contributed by atoms with Gasteiger partial charge in [0.2, 0.25) is 0 Å². The number of anilines is 1. The van der Waals surface area contributed by atoms with Gasteiger partial charge in [0.25, 0.3) is 11.5 Å². The minimum absolute atomic E-state index is 0.0143. The van der Waals surface area contributed by atoms with Crippen LogP contribution in [0.4, 0.5) is 5.69 Å². The predicted molar refractivity (Wildman–Crippen MR) is 112 cm³/mol. The monoisotopic (exact) mass is 395 g/mol. The molecule has 0 saturated heterocycles. The van der Waals surface area contributed by atoms with Crippen molar-refractivity contribution in [1.82, 2.24) is 9.55 Å². The van der Waals surface area contributed by atoms with Gasteiger partial charge >= 0.3 is 0 Å². The first kappa shape index (κ1) is 18.7. The summed E-state index contributed by atoms with van der Waals surface area (Å²) in [4.78, 5) is 30.4. The summed E-state index contributed by atoms with van der Waals surface area (Å²) in [6.07, 6.45) is 5.14. The highest BCUT2D eigenvalue weighted by Gasteiger charge is 2.15. The molecule has 0 aliphatic carbocycles. The smallest absolute Gasteiger partial charge is 0.261 e. The summed E-state index contributed by atoms with van der Waals surface area (Å²) in [5.74, 6) is 0.571. The Hall–Kier alpha value is -2.66. The van der Waals surface area contributed by atoms with Crippen LogP contribution in [0, 0.1) is 6.92 Å². The predicted octanol–water partition coefficient (Wildman–Crippen LogP) is 4.73. The maximum absolute atomic E-state index is 12.9. The van der Waals surface area contributed by atoms with Crippen LogP contribution in [0.5, 0.6) is 0 Å². The lowest BCUT2D eigenvalue weighted by molar-refractivity contribution is 0.102. The molecule has 0 unspecified atom stereocenters. The van der Waals surface area contributed by atoms with E-state index in [4.69, 9.17) is 16.6 Å². The normalized spacial score (nSPS) is 14.2. The quantitative estimate of drug-likeness (QED) is 0.682.